The molecule has 0 saturated carbocycles. The zero-order chi connectivity index (χ0) is 69.0. The number of carbonyl (C=O) groups excluding carboxylic acids is 2. The number of unbranched alkanes of at least 4 members (excludes halogenated alkanes) is 50. The molecular weight excluding hydrogens is 1170 g/mol. The van der Waals surface area contributed by atoms with E-state index < -0.39 is 6.10 Å². The first-order chi connectivity index (χ1) is 47.6. The number of allylic oxidation sites excluding steroid dienone is 20. The van der Waals surface area contributed by atoms with Gasteiger partial charge in [0.1, 0.15) is 6.61 Å². The Kier molecular flexibility index (Phi) is 82.2. The van der Waals surface area contributed by atoms with E-state index in [1.165, 1.54) is 295 Å². The molecule has 1 atom stereocenters. The van der Waals surface area contributed by atoms with Crippen LogP contribution in [-0.2, 0) is 19.1 Å². The lowest BCUT2D eigenvalue weighted by Crippen LogP contribution is -2.28. The lowest BCUT2D eigenvalue weighted by molar-refractivity contribution is -0.161. The summed E-state index contributed by atoms with van der Waals surface area (Å²) >= 11 is 0. The van der Waals surface area contributed by atoms with Crippen molar-refractivity contribution in [1.82, 2.24) is 0 Å². The van der Waals surface area contributed by atoms with Gasteiger partial charge in [0.2, 0.25) is 0 Å². The van der Waals surface area contributed by atoms with E-state index >= 15 is 0 Å². The van der Waals surface area contributed by atoms with Gasteiger partial charge < -0.3 is 14.6 Å². The molecule has 554 valence electrons. The van der Waals surface area contributed by atoms with Gasteiger partial charge in [-0.25, -0.2) is 0 Å². The Labute approximate surface area is 598 Å². The molecule has 0 spiro atoms. The number of hydrogen-bond acceptors (Lipinski definition) is 5. The molecule has 0 aliphatic carbocycles. The summed E-state index contributed by atoms with van der Waals surface area (Å²) in [5.41, 5.74) is 0. The van der Waals surface area contributed by atoms with Gasteiger partial charge in [-0.05, 0) is 89.9 Å². The van der Waals surface area contributed by atoms with Crippen molar-refractivity contribution in [2.75, 3.05) is 13.2 Å². The third kappa shape index (κ3) is 82.7. The van der Waals surface area contributed by atoms with Crippen LogP contribution in [0.25, 0.3) is 0 Å². The summed E-state index contributed by atoms with van der Waals surface area (Å²) in [6.07, 6.45) is 126. The molecule has 0 fully saturated rings. The number of rotatable bonds is 78. The van der Waals surface area contributed by atoms with E-state index in [2.05, 4.69) is 135 Å². The maximum atomic E-state index is 12.4. The summed E-state index contributed by atoms with van der Waals surface area (Å²) in [6.45, 7) is 4.07. The van der Waals surface area contributed by atoms with Crippen LogP contribution in [0.5, 0.6) is 0 Å². The monoisotopic (exact) mass is 1330 g/mol. The summed E-state index contributed by atoms with van der Waals surface area (Å²) in [7, 11) is 0. The lowest BCUT2D eigenvalue weighted by atomic mass is 10.0. The average molecular weight is 1330 g/mol. The third-order valence-electron chi connectivity index (χ3n) is 18.8. The van der Waals surface area contributed by atoms with Crippen molar-refractivity contribution >= 4 is 11.9 Å². The summed E-state index contributed by atoms with van der Waals surface area (Å²) < 4.78 is 10.8. The van der Waals surface area contributed by atoms with Gasteiger partial charge in [0.15, 0.2) is 6.10 Å². The topological polar surface area (TPSA) is 72.8 Å². The predicted molar refractivity (Wildman–Crippen MR) is 426 cm³/mol. The van der Waals surface area contributed by atoms with Crippen LogP contribution >= 0.6 is 0 Å². The highest BCUT2D eigenvalue weighted by atomic mass is 16.6. The fourth-order valence-corrected chi connectivity index (χ4v) is 12.5. The zero-order valence-electron chi connectivity index (χ0n) is 63.9. The number of hydrogen-bond donors (Lipinski definition) is 1. The highest BCUT2D eigenvalue weighted by Crippen LogP contribution is 2.20. The summed E-state index contributed by atoms with van der Waals surface area (Å²) in [5.74, 6) is -0.583. The van der Waals surface area contributed by atoms with Gasteiger partial charge in [-0.3, -0.25) is 9.59 Å². The minimum atomic E-state index is -0.782. The normalized spacial score (nSPS) is 12.8. The van der Waals surface area contributed by atoms with Crippen LogP contribution < -0.4 is 0 Å². The second-order valence-corrected chi connectivity index (χ2v) is 28.2. The van der Waals surface area contributed by atoms with E-state index in [4.69, 9.17) is 9.47 Å². The molecule has 0 aromatic heterocycles. The molecule has 0 aliphatic rings. The van der Waals surface area contributed by atoms with Crippen molar-refractivity contribution in [3.8, 4) is 0 Å². The highest BCUT2D eigenvalue weighted by Gasteiger charge is 2.16. The van der Waals surface area contributed by atoms with Crippen molar-refractivity contribution in [3.63, 3.8) is 0 Å². The molecular formula is C91H160O5. The summed E-state index contributed by atoms with van der Waals surface area (Å²) in [6, 6.07) is 0. The Hall–Kier alpha value is -3.70. The number of aliphatic hydroxyl groups is 1. The molecule has 0 aliphatic heterocycles. The number of aliphatic hydroxyl groups excluding tert-OH is 1. The third-order valence-corrected chi connectivity index (χ3v) is 18.8. The molecule has 5 nitrogen and oxygen atoms in total. The van der Waals surface area contributed by atoms with Gasteiger partial charge in [-0.1, -0.05) is 444 Å². The zero-order valence-corrected chi connectivity index (χ0v) is 63.9. The minimum absolute atomic E-state index is 0.0685. The molecule has 5 heteroatoms. The number of ether oxygens (including phenoxy) is 2. The maximum absolute atomic E-state index is 12.4. The fourth-order valence-electron chi connectivity index (χ4n) is 12.5. The van der Waals surface area contributed by atoms with Crippen LogP contribution in [0.15, 0.2) is 122 Å². The van der Waals surface area contributed by atoms with Crippen LogP contribution in [0.4, 0.5) is 0 Å². The van der Waals surface area contributed by atoms with E-state index in [9.17, 15) is 14.7 Å². The van der Waals surface area contributed by atoms with Crippen LogP contribution in [0, 0.1) is 0 Å². The SMILES string of the molecule is CC/C=C\C/C=C\C/C=C\C/C=C\C/C=C\C/C=C\C/C=C\C/C=C\C/C=C\C/C=C\CCCCCCCCCCCCC(=O)OC(CO)COC(=O)CCCCCCCCCCCCCCCCCCCCCCCCCCCCCCCCCCCCCCCCCCC. The number of esters is 2. The highest BCUT2D eigenvalue weighted by molar-refractivity contribution is 5.70. The van der Waals surface area contributed by atoms with Crippen molar-refractivity contribution in [2.24, 2.45) is 0 Å². The molecule has 0 radical (unpaired) electrons. The standard InChI is InChI=1S/C91H160O5/c1-3-5-7-9-11-13-15-17-19-21-23-25-27-29-31-33-35-37-39-41-43-45-47-49-51-53-55-57-59-61-63-65-67-69-71-73-75-77-79-81-83-85-90(93)95-88-89(87-92)96-91(94)86-84-82-80-78-76-74-72-70-68-66-64-62-60-58-56-54-52-50-48-46-44-42-40-38-36-34-32-30-28-26-24-22-20-18-16-14-12-10-8-6-4-2/h6,8,12,14,18,20,24,26,30,32,36,38,42,44,48,50,54,56,60,62,89,92H,3-5,7,9-11,13,15-17,19,21-23,25,27-29,31,33-35,37,39-41,43,45-47,49,51-53,55,57-59,61,63-88H2,1-2H3/b8-6-,14-12-,20-18-,26-24-,32-30-,38-36-,44-42-,50-48-,56-54-,62-60-. The molecule has 0 aromatic rings. The molecule has 0 amide bonds. The Morgan fingerprint density at radius 3 is 0.677 bits per heavy atom. The number of carbonyl (C=O) groups is 2. The van der Waals surface area contributed by atoms with Crippen LogP contribution in [0.2, 0.25) is 0 Å². The molecule has 0 rings (SSSR count). The maximum Gasteiger partial charge on any atom is 0.306 e. The van der Waals surface area contributed by atoms with Crippen molar-refractivity contribution in [1.29, 1.82) is 0 Å². The second-order valence-electron chi connectivity index (χ2n) is 28.2. The predicted octanol–water partition coefficient (Wildman–Crippen LogP) is 30.0. The fraction of sp³-hybridized carbons (Fsp3) is 0.758. The van der Waals surface area contributed by atoms with E-state index in [0.717, 1.165) is 103 Å². The van der Waals surface area contributed by atoms with Gasteiger partial charge in [0.25, 0.3) is 0 Å². The molecule has 96 heavy (non-hydrogen) atoms. The van der Waals surface area contributed by atoms with Crippen LogP contribution in [0.3, 0.4) is 0 Å². The second kappa shape index (κ2) is 85.5. The first kappa shape index (κ1) is 92.3. The molecule has 1 unspecified atom stereocenters. The molecule has 0 saturated heterocycles. The Bertz CT molecular complexity index is 1860. The smallest absolute Gasteiger partial charge is 0.306 e. The van der Waals surface area contributed by atoms with Crippen molar-refractivity contribution in [2.45, 2.75) is 431 Å². The van der Waals surface area contributed by atoms with Gasteiger partial charge >= 0.3 is 11.9 Å². The molecule has 0 bridgehead atoms. The van der Waals surface area contributed by atoms with E-state index in [1.807, 2.05) is 0 Å². The average Bonchev–Trinajstić information content (AvgIpc) is 3.79. The molecule has 1 N–H and O–H groups in total. The quantitative estimate of drug-likeness (QED) is 0.0373. The van der Waals surface area contributed by atoms with Crippen molar-refractivity contribution in [3.05, 3.63) is 122 Å². The van der Waals surface area contributed by atoms with E-state index in [-0.39, 0.29) is 25.2 Å². The van der Waals surface area contributed by atoms with Crippen molar-refractivity contribution < 1.29 is 24.2 Å². The lowest BCUT2D eigenvalue weighted by Gasteiger charge is -2.15. The largest absolute Gasteiger partial charge is 0.462 e. The van der Waals surface area contributed by atoms with E-state index in [0.29, 0.717) is 12.8 Å². The van der Waals surface area contributed by atoms with E-state index in [1.54, 1.807) is 0 Å². The molecule has 0 heterocycles. The van der Waals surface area contributed by atoms with Gasteiger partial charge in [0.05, 0.1) is 6.61 Å². The first-order valence-corrected chi connectivity index (χ1v) is 42.1. The van der Waals surface area contributed by atoms with Crippen LogP contribution in [-0.4, -0.2) is 36.4 Å². The Balaban J connectivity index is 3.45. The molecule has 0 aromatic carbocycles. The van der Waals surface area contributed by atoms with Crippen LogP contribution in [0.1, 0.15) is 425 Å². The van der Waals surface area contributed by atoms with Gasteiger partial charge in [0, 0.05) is 12.8 Å². The Morgan fingerprint density at radius 2 is 0.448 bits per heavy atom. The minimum Gasteiger partial charge on any atom is -0.462 e. The van der Waals surface area contributed by atoms with Gasteiger partial charge in [-0.15, -0.1) is 0 Å². The Morgan fingerprint density at radius 1 is 0.250 bits per heavy atom. The van der Waals surface area contributed by atoms with Gasteiger partial charge in [-0.2, -0.15) is 0 Å². The first-order valence-electron chi connectivity index (χ1n) is 42.1. The summed E-state index contributed by atoms with van der Waals surface area (Å²) in [4.78, 5) is 24.7. The summed E-state index contributed by atoms with van der Waals surface area (Å²) in [5, 5.41) is 9.74.